The van der Waals surface area contributed by atoms with Crippen molar-refractivity contribution in [3.63, 3.8) is 0 Å². The number of likely N-dealkylation sites (tertiary alicyclic amines) is 1. The highest BCUT2D eigenvalue weighted by Gasteiger charge is 2.21. The van der Waals surface area contributed by atoms with Gasteiger partial charge in [-0.3, -0.25) is 19.8 Å². The van der Waals surface area contributed by atoms with Crippen LogP contribution in [0.15, 0.2) is 24.3 Å². The van der Waals surface area contributed by atoms with Crippen LogP contribution in [0.4, 0.5) is 11.4 Å². The molecule has 1 aromatic carbocycles. The summed E-state index contributed by atoms with van der Waals surface area (Å²) in [5, 5.41) is 10.7. The van der Waals surface area contributed by atoms with Crippen molar-refractivity contribution >= 4 is 17.3 Å². The second-order valence-electron chi connectivity index (χ2n) is 6.79. The summed E-state index contributed by atoms with van der Waals surface area (Å²) in [6.45, 7) is 6.28. The largest absolute Gasteiger partial charge is 0.369 e. The molecule has 0 N–H and O–H groups in total. The zero-order chi connectivity index (χ0) is 17.6. The Morgan fingerprint density at radius 1 is 0.960 bits per heavy atom. The number of nitro groups is 1. The lowest BCUT2D eigenvalue weighted by molar-refractivity contribution is -0.384. The maximum atomic E-state index is 12.2. The Bertz CT molecular complexity index is 591. The standard InChI is InChI=1S/C18H26N4O3/c23-18(21-9-2-1-3-10-21)8-11-19-12-14-20(15-13-19)16-4-6-17(7-5-16)22(24)25/h4-7H,1-3,8-15H2. The van der Waals surface area contributed by atoms with Crippen LogP contribution in [-0.4, -0.2) is 66.4 Å². The normalized spacial score (nSPS) is 19.0. The fraction of sp³-hybridized carbons (Fsp3) is 0.611. The van der Waals surface area contributed by atoms with Crippen LogP contribution < -0.4 is 4.90 Å². The molecule has 7 nitrogen and oxygen atoms in total. The summed E-state index contributed by atoms with van der Waals surface area (Å²) in [5.41, 5.74) is 1.15. The summed E-state index contributed by atoms with van der Waals surface area (Å²) < 4.78 is 0. The number of piperazine rings is 1. The molecule has 0 aromatic heterocycles. The predicted octanol–water partition coefficient (Wildman–Crippen LogP) is 2.12. The molecule has 7 heteroatoms. The number of non-ortho nitro benzene ring substituents is 1. The van der Waals surface area contributed by atoms with Crippen molar-refractivity contribution < 1.29 is 9.72 Å². The summed E-state index contributed by atoms with van der Waals surface area (Å²) in [5.74, 6) is 0.289. The second kappa shape index (κ2) is 8.29. The average molecular weight is 346 g/mol. The van der Waals surface area contributed by atoms with E-state index in [4.69, 9.17) is 0 Å². The van der Waals surface area contributed by atoms with E-state index in [0.29, 0.717) is 6.42 Å². The molecule has 2 heterocycles. The number of benzene rings is 1. The van der Waals surface area contributed by atoms with Crippen LogP contribution in [0.25, 0.3) is 0 Å². The molecule has 3 rings (SSSR count). The van der Waals surface area contributed by atoms with E-state index < -0.39 is 0 Å². The van der Waals surface area contributed by atoms with Gasteiger partial charge >= 0.3 is 0 Å². The van der Waals surface area contributed by atoms with Gasteiger partial charge in [0.25, 0.3) is 5.69 Å². The van der Waals surface area contributed by atoms with Crippen molar-refractivity contribution in [1.29, 1.82) is 0 Å². The zero-order valence-corrected chi connectivity index (χ0v) is 14.6. The Morgan fingerprint density at radius 3 is 2.20 bits per heavy atom. The number of amides is 1. The van der Waals surface area contributed by atoms with Crippen LogP contribution in [0.1, 0.15) is 25.7 Å². The quantitative estimate of drug-likeness (QED) is 0.603. The third-order valence-electron chi connectivity index (χ3n) is 5.15. The first kappa shape index (κ1) is 17.7. The molecule has 1 amide bonds. The number of rotatable bonds is 5. The number of nitro benzene ring substituents is 1. The van der Waals surface area contributed by atoms with E-state index in [1.165, 1.54) is 6.42 Å². The van der Waals surface area contributed by atoms with E-state index in [1.807, 2.05) is 17.0 Å². The summed E-state index contributed by atoms with van der Waals surface area (Å²) in [4.78, 5) is 29.2. The van der Waals surface area contributed by atoms with Crippen LogP contribution in [0.5, 0.6) is 0 Å². The summed E-state index contributed by atoms with van der Waals surface area (Å²) in [6, 6.07) is 6.74. The summed E-state index contributed by atoms with van der Waals surface area (Å²) >= 11 is 0. The molecule has 0 saturated carbocycles. The number of nitrogens with zero attached hydrogens (tertiary/aromatic N) is 4. The van der Waals surface area contributed by atoms with Crippen molar-refractivity contribution in [3.05, 3.63) is 34.4 Å². The third kappa shape index (κ3) is 4.69. The maximum absolute atomic E-state index is 12.2. The number of carbonyl (C=O) groups is 1. The fourth-order valence-electron chi connectivity index (χ4n) is 3.57. The highest BCUT2D eigenvalue weighted by molar-refractivity contribution is 5.76. The lowest BCUT2D eigenvalue weighted by Crippen LogP contribution is -2.47. The molecule has 2 saturated heterocycles. The number of hydrogen-bond acceptors (Lipinski definition) is 5. The third-order valence-corrected chi connectivity index (χ3v) is 5.15. The molecule has 0 bridgehead atoms. The molecule has 136 valence electrons. The molecule has 0 atom stereocenters. The molecule has 0 radical (unpaired) electrons. The van der Waals surface area contributed by atoms with Crippen molar-refractivity contribution in [1.82, 2.24) is 9.80 Å². The second-order valence-corrected chi connectivity index (χ2v) is 6.79. The molecule has 25 heavy (non-hydrogen) atoms. The van der Waals surface area contributed by atoms with E-state index in [9.17, 15) is 14.9 Å². The first-order valence-electron chi connectivity index (χ1n) is 9.13. The number of carbonyl (C=O) groups excluding carboxylic acids is 1. The van der Waals surface area contributed by atoms with Gasteiger partial charge in [0.1, 0.15) is 0 Å². The monoisotopic (exact) mass is 346 g/mol. The lowest BCUT2D eigenvalue weighted by atomic mass is 10.1. The predicted molar refractivity (Wildman–Crippen MR) is 96.8 cm³/mol. The van der Waals surface area contributed by atoms with Gasteiger partial charge in [-0.1, -0.05) is 0 Å². The first-order chi connectivity index (χ1) is 12.1. The average Bonchev–Trinajstić information content (AvgIpc) is 2.67. The topological polar surface area (TPSA) is 69.9 Å². The molecular formula is C18H26N4O3. The molecule has 0 unspecified atom stereocenters. The van der Waals surface area contributed by atoms with Crippen LogP contribution >= 0.6 is 0 Å². The minimum atomic E-state index is -0.374. The minimum Gasteiger partial charge on any atom is -0.369 e. The van der Waals surface area contributed by atoms with Crippen molar-refractivity contribution in [2.24, 2.45) is 0 Å². The Kier molecular flexibility index (Phi) is 5.86. The van der Waals surface area contributed by atoms with E-state index in [0.717, 1.165) is 64.3 Å². The number of piperidine rings is 1. The van der Waals surface area contributed by atoms with Gasteiger partial charge in [-0.2, -0.15) is 0 Å². The summed E-state index contributed by atoms with van der Waals surface area (Å²) in [6.07, 6.45) is 4.13. The number of anilines is 1. The van der Waals surface area contributed by atoms with E-state index in [-0.39, 0.29) is 16.5 Å². The Labute approximate surface area is 148 Å². The van der Waals surface area contributed by atoms with Gasteiger partial charge in [0.2, 0.25) is 5.91 Å². The van der Waals surface area contributed by atoms with Crippen LogP contribution in [0.2, 0.25) is 0 Å². The zero-order valence-electron chi connectivity index (χ0n) is 14.6. The van der Waals surface area contributed by atoms with Crippen LogP contribution in [0.3, 0.4) is 0 Å². The molecule has 0 aliphatic carbocycles. The van der Waals surface area contributed by atoms with Gasteiger partial charge in [0.05, 0.1) is 4.92 Å². The molecule has 2 aliphatic rings. The number of hydrogen-bond donors (Lipinski definition) is 0. The SMILES string of the molecule is O=C(CCN1CCN(c2ccc([N+](=O)[O-])cc2)CC1)N1CCCCC1. The first-order valence-corrected chi connectivity index (χ1v) is 9.13. The molecule has 0 spiro atoms. The van der Waals surface area contributed by atoms with Crippen LogP contribution in [-0.2, 0) is 4.79 Å². The van der Waals surface area contributed by atoms with E-state index in [2.05, 4.69) is 9.80 Å². The van der Waals surface area contributed by atoms with Crippen molar-refractivity contribution in [2.75, 3.05) is 50.7 Å². The smallest absolute Gasteiger partial charge is 0.269 e. The highest BCUT2D eigenvalue weighted by Crippen LogP contribution is 2.20. The van der Waals surface area contributed by atoms with E-state index in [1.54, 1.807) is 12.1 Å². The van der Waals surface area contributed by atoms with Gasteiger partial charge in [-0.05, 0) is 31.4 Å². The van der Waals surface area contributed by atoms with Gasteiger partial charge in [-0.15, -0.1) is 0 Å². The molecule has 2 fully saturated rings. The molecular weight excluding hydrogens is 320 g/mol. The Hall–Kier alpha value is -2.15. The van der Waals surface area contributed by atoms with Gasteiger partial charge < -0.3 is 9.80 Å². The fourth-order valence-corrected chi connectivity index (χ4v) is 3.57. The molecule has 2 aliphatic heterocycles. The van der Waals surface area contributed by atoms with Gasteiger partial charge in [0, 0.05) is 70.1 Å². The van der Waals surface area contributed by atoms with Gasteiger partial charge in [0.15, 0.2) is 0 Å². The lowest BCUT2D eigenvalue weighted by Gasteiger charge is -2.36. The van der Waals surface area contributed by atoms with Crippen molar-refractivity contribution in [3.8, 4) is 0 Å². The minimum absolute atomic E-state index is 0.124. The maximum Gasteiger partial charge on any atom is 0.269 e. The Morgan fingerprint density at radius 2 is 1.60 bits per heavy atom. The molecule has 1 aromatic rings. The Balaban J connectivity index is 1.42. The van der Waals surface area contributed by atoms with Crippen LogP contribution in [0, 0.1) is 10.1 Å². The summed E-state index contributed by atoms with van der Waals surface area (Å²) in [7, 11) is 0. The van der Waals surface area contributed by atoms with Crippen molar-refractivity contribution in [2.45, 2.75) is 25.7 Å². The van der Waals surface area contributed by atoms with E-state index >= 15 is 0 Å². The highest BCUT2D eigenvalue weighted by atomic mass is 16.6. The van der Waals surface area contributed by atoms with Gasteiger partial charge in [-0.25, -0.2) is 0 Å².